The second kappa shape index (κ2) is 10.5. The van der Waals surface area contributed by atoms with Gasteiger partial charge in [0.05, 0.1) is 0 Å². The topological polar surface area (TPSA) is 6.48 Å². The van der Waals surface area contributed by atoms with Crippen LogP contribution in [0.2, 0.25) is 0 Å². The Kier molecular flexibility index (Phi) is 8.04. The average molecular weight is 471 g/mol. The zero-order valence-electron chi connectivity index (χ0n) is 23.5. The first-order chi connectivity index (χ1) is 16.4. The fourth-order valence-corrected chi connectivity index (χ4v) is 5.28. The quantitative estimate of drug-likeness (QED) is 0.351. The predicted molar refractivity (Wildman–Crippen MR) is 155 cm³/mol. The molecule has 0 saturated carbocycles. The molecule has 1 aromatic rings. The zero-order valence-corrected chi connectivity index (χ0v) is 23.5. The average Bonchev–Trinajstić information content (AvgIpc) is 2.79. The lowest BCUT2D eigenvalue weighted by Gasteiger charge is -2.47. The van der Waals surface area contributed by atoms with Crippen molar-refractivity contribution in [3.63, 3.8) is 0 Å². The van der Waals surface area contributed by atoms with Crippen LogP contribution >= 0.6 is 0 Å². The van der Waals surface area contributed by atoms with Crippen molar-refractivity contribution in [2.24, 2.45) is 5.41 Å². The lowest BCUT2D eigenvalue weighted by molar-refractivity contribution is 0.189. The maximum absolute atomic E-state index is 4.45. The van der Waals surface area contributed by atoms with E-state index in [0.717, 1.165) is 31.3 Å². The third-order valence-corrected chi connectivity index (χ3v) is 7.58. The molecule has 0 fully saturated rings. The smallest absolute Gasteiger partial charge is 0.0491 e. The fraction of sp³-hybridized carbons (Fsp3) is 0.455. The minimum absolute atomic E-state index is 0.112. The molecule has 2 heteroatoms. The van der Waals surface area contributed by atoms with Crippen LogP contribution in [0.25, 0.3) is 11.4 Å². The summed E-state index contributed by atoms with van der Waals surface area (Å²) in [7, 11) is 2.18. The fourth-order valence-electron chi connectivity index (χ4n) is 5.28. The number of hydrogen-bond acceptors (Lipinski definition) is 2. The molecule has 35 heavy (non-hydrogen) atoms. The van der Waals surface area contributed by atoms with E-state index in [2.05, 4.69) is 116 Å². The van der Waals surface area contributed by atoms with E-state index in [4.69, 9.17) is 0 Å². The third kappa shape index (κ3) is 5.27. The lowest BCUT2D eigenvalue weighted by atomic mass is 9.75. The molecule has 0 aliphatic carbocycles. The number of fused-ring (bicyclic) bond motifs is 3. The molecule has 1 aromatic carbocycles. The number of nitrogens with zero attached hydrogens (tertiary/aromatic N) is 2. The van der Waals surface area contributed by atoms with E-state index in [1.807, 2.05) is 6.08 Å². The van der Waals surface area contributed by atoms with Crippen LogP contribution < -0.4 is 0 Å². The summed E-state index contributed by atoms with van der Waals surface area (Å²) in [5.41, 5.74) is 11.5. The normalized spacial score (nSPS) is 18.1. The molecule has 0 aromatic heterocycles. The standard InChI is InChI=1S/C33H46N2/c1-12-15-23(6)29-21-35-31(17-24(29)7)28-18-25(14-3)27(30(16-13-2)34(11)22(4)5)19-26(28)20-32(35)33(8,9)10/h13,16-19,21-22,32H,2,6-7,12,14-15,20H2,1,3-5,8-11H3/b30-16-. The van der Waals surface area contributed by atoms with Gasteiger partial charge in [-0.1, -0.05) is 66.9 Å². The molecule has 0 spiro atoms. The summed E-state index contributed by atoms with van der Waals surface area (Å²) >= 11 is 0. The van der Waals surface area contributed by atoms with Gasteiger partial charge in [0.2, 0.25) is 0 Å². The van der Waals surface area contributed by atoms with Gasteiger partial charge in [-0.3, -0.25) is 0 Å². The number of benzene rings is 1. The van der Waals surface area contributed by atoms with Gasteiger partial charge in [0.15, 0.2) is 0 Å². The first kappa shape index (κ1) is 26.9. The lowest BCUT2D eigenvalue weighted by Crippen LogP contribution is -2.45. The zero-order chi connectivity index (χ0) is 26.1. The molecule has 2 heterocycles. The van der Waals surface area contributed by atoms with E-state index in [1.54, 1.807) is 0 Å². The third-order valence-electron chi connectivity index (χ3n) is 7.58. The van der Waals surface area contributed by atoms with Crippen LogP contribution in [0.3, 0.4) is 0 Å². The Bertz CT molecular complexity index is 1100. The van der Waals surface area contributed by atoms with Crippen molar-refractivity contribution in [3.05, 3.63) is 95.3 Å². The van der Waals surface area contributed by atoms with Crippen LogP contribution in [-0.2, 0) is 12.8 Å². The Morgan fingerprint density at radius 1 is 1.23 bits per heavy atom. The maximum atomic E-state index is 4.45. The maximum Gasteiger partial charge on any atom is 0.0491 e. The summed E-state index contributed by atoms with van der Waals surface area (Å²) in [4.78, 5) is 4.88. The van der Waals surface area contributed by atoms with E-state index in [-0.39, 0.29) is 5.41 Å². The summed E-state index contributed by atoms with van der Waals surface area (Å²) in [5.74, 6) is 0. The van der Waals surface area contributed by atoms with Gasteiger partial charge in [0.25, 0.3) is 0 Å². The molecule has 2 nitrogen and oxygen atoms in total. The first-order valence-electron chi connectivity index (χ1n) is 13.3. The summed E-state index contributed by atoms with van der Waals surface area (Å²) in [6, 6.07) is 5.65. The summed E-state index contributed by atoms with van der Waals surface area (Å²) in [6.07, 6.45) is 12.8. The van der Waals surface area contributed by atoms with E-state index >= 15 is 0 Å². The molecule has 2 aliphatic heterocycles. The number of rotatable bonds is 8. The number of aryl methyl sites for hydroxylation is 1. The molecule has 0 saturated heterocycles. The van der Waals surface area contributed by atoms with Crippen molar-refractivity contribution in [2.75, 3.05) is 7.05 Å². The van der Waals surface area contributed by atoms with Crippen molar-refractivity contribution in [3.8, 4) is 0 Å². The van der Waals surface area contributed by atoms with Crippen molar-refractivity contribution in [2.45, 2.75) is 86.2 Å². The second-order valence-corrected chi connectivity index (χ2v) is 11.5. The Morgan fingerprint density at radius 3 is 2.46 bits per heavy atom. The minimum atomic E-state index is 0.112. The van der Waals surface area contributed by atoms with Crippen LogP contribution in [0, 0.1) is 5.41 Å². The molecule has 0 bridgehead atoms. The summed E-state index contributed by atoms with van der Waals surface area (Å²) < 4.78 is 0. The minimum Gasteiger partial charge on any atom is -0.372 e. The van der Waals surface area contributed by atoms with Crippen LogP contribution in [0.4, 0.5) is 0 Å². The highest BCUT2D eigenvalue weighted by atomic mass is 15.2. The number of allylic oxidation sites excluding steroid dienone is 6. The molecular weight excluding hydrogens is 424 g/mol. The SMILES string of the molecule is C=C/C=C(/c1cc2c(cc1CC)C1=CC(=C)C(C(=C)CCC)=CN1C(C(C)(C)C)C2)N(C)C(C)C. The van der Waals surface area contributed by atoms with Gasteiger partial charge in [-0.05, 0) is 90.7 Å². The Hall–Kier alpha value is -2.74. The Balaban J connectivity index is 2.22. The monoisotopic (exact) mass is 470 g/mol. The molecule has 3 rings (SSSR count). The van der Waals surface area contributed by atoms with E-state index in [0.29, 0.717) is 12.1 Å². The number of hydrogen-bond donors (Lipinski definition) is 0. The Morgan fingerprint density at radius 2 is 1.91 bits per heavy atom. The molecule has 0 amide bonds. The highest BCUT2D eigenvalue weighted by molar-refractivity contribution is 5.80. The highest BCUT2D eigenvalue weighted by Crippen LogP contribution is 2.45. The Labute approximate surface area is 215 Å². The second-order valence-electron chi connectivity index (χ2n) is 11.5. The molecule has 188 valence electrons. The molecule has 2 aliphatic rings. The van der Waals surface area contributed by atoms with Gasteiger partial charge in [-0.15, -0.1) is 0 Å². The molecule has 1 unspecified atom stereocenters. The molecule has 0 radical (unpaired) electrons. The molecule has 0 N–H and O–H groups in total. The van der Waals surface area contributed by atoms with E-state index in [1.165, 1.54) is 44.8 Å². The van der Waals surface area contributed by atoms with E-state index in [9.17, 15) is 0 Å². The van der Waals surface area contributed by atoms with E-state index < -0.39 is 0 Å². The van der Waals surface area contributed by atoms with Crippen LogP contribution in [0.1, 0.15) is 83.6 Å². The van der Waals surface area contributed by atoms with Gasteiger partial charge >= 0.3 is 0 Å². The summed E-state index contributed by atoms with van der Waals surface area (Å²) in [6.45, 7) is 28.9. The van der Waals surface area contributed by atoms with Gasteiger partial charge < -0.3 is 9.80 Å². The van der Waals surface area contributed by atoms with Gasteiger partial charge in [-0.2, -0.15) is 0 Å². The molecule has 1 atom stereocenters. The first-order valence-corrected chi connectivity index (χ1v) is 13.3. The van der Waals surface area contributed by atoms with Gasteiger partial charge in [-0.25, -0.2) is 0 Å². The van der Waals surface area contributed by atoms with Crippen LogP contribution in [0.15, 0.2) is 73.0 Å². The van der Waals surface area contributed by atoms with Crippen LogP contribution in [0.5, 0.6) is 0 Å². The van der Waals surface area contributed by atoms with Crippen molar-refractivity contribution in [1.29, 1.82) is 0 Å². The summed E-state index contributed by atoms with van der Waals surface area (Å²) in [5, 5.41) is 0. The largest absolute Gasteiger partial charge is 0.372 e. The predicted octanol–water partition coefficient (Wildman–Crippen LogP) is 8.54. The van der Waals surface area contributed by atoms with Gasteiger partial charge in [0, 0.05) is 47.9 Å². The van der Waals surface area contributed by atoms with Crippen molar-refractivity contribution >= 4 is 11.4 Å². The van der Waals surface area contributed by atoms with Gasteiger partial charge in [0.1, 0.15) is 0 Å². The molecular formula is C33H46N2. The van der Waals surface area contributed by atoms with Crippen molar-refractivity contribution in [1.82, 2.24) is 9.80 Å². The van der Waals surface area contributed by atoms with Crippen LogP contribution in [-0.4, -0.2) is 28.9 Å². The van der Waals surface area contributed by atoms with Crippen molar-refractivity contribution < 1.29 is 0 Å². The highest BCUT2D eigenvalue weighted by Gasteiger charge is 2.38.